The largest absolute Gasteiger partial charge is 0.481 e. The van der Waals surface area contributed by atoms with E-state index in [1.165, 1.54) is 0 Å². The number of hydrogen-bond acceptors (Lipinski definition) is 4. The molecule has 0 radical (unpaired) electrons. The molecule has 1 aromatic carbocycles. The lowest BCUT2D eigenvalue weighted by Gasteiger charge is -2.13. The summed E-state index contributed by atoms with van der Waals surface area (Å²) in [5.74, 6) is 0.966. The molecule has 2 aromatic rings. The highest BCUT2D eigenvalue weighted by atomic mass is 79.9. The van der Waals surface area contributed by atoms with E-state index in [4.69, 9.17) is 14.4 Å². The fraction of sp³-hybridized carbons (Fsp3) is 0.250. The van der Waals surface area contributed by atoms with Crippen molar-refractivity contribution in [3.63, 3.8) is 0 Å². The van der Waals surface area contributed by atoms with Crippen LogP contribution in [-0.4, -0.2) is 12.0 Å². The molecule has 1 unspecified atom stereocenters. The number of ether oxygens (including phenoxy) is 1. The number of anilines is 1. The van der Waals surface area contributed by atoms with Gasteiger partial charge in [-0.15, -0.1) is 0 Å². The summed E-state index contributed by atoms with van der Waals surface area (Å²) in [7, 11) is 0. The Labute approximate surface area is 137 Å². The molecule has 0 bridgehead atoms. The van der Waals surface area contributed by atoms with Gasteiger partial charge in [-0.25, -0.2) is 0 Å². The molecule has 0 saturated heterocycles. The van der Waals surface area contributed by atoms with Gasteiger partial charge in [0, 0.05) is 10.0 Å². The second-order valence-electron chi connectivity index (χ2n) is 4.80. The average molecular weight is 363 g/mol. The van der Waals surface area contributed by atoms with Crippen molar-refractivity contribution in [2.75, 3.05) is 5.32 Å². The molecular formula is C16H15BrN2O3. The maximum absolute atomic E-state index is 12.2. The van der Waals surface area contributed by atoms with E-state index < -0.39 is 6.10 Å². The molecule has 1 amide bonds. The van der Waals surface area contributed by atoms with E-state index in [0.717, 1.165) is 10.0 Å². The fourth-order valence-corrected chi connectivity index (χ4v) is 2.10. The van der Waals surface area contributed by atoms with E-state index in [1.807, 2.05) is 18.2 Å². The fourth-order valence-electron chi connectivity index (χ4n) is 1.83. The second-order valence-corrected chi connectivity index (χ2v) is 5.72. The molecule has 6 heteroatoms. The summed E-state index contributed by atoms with van der Waals surface area (Å²) in [6.45, 7) is 5.15. The van der Waals surface area contributed by atoms with Gasteiger partial charge in [-0.05, 0) is 45.0 Å². The summed E-state index contributed by atoms with van der Waals surface area (Å²) < 4.78 is 11.9. The molecule has 0 spiro atoms. The number of amides is 1. The summed E-state index contributed by atoms with van der Waals surface area (Å²) in [6.07, 6.45) is -0.724. The number of carbonyl (C=O) groups excluding carboxylic acids is 1. The summed E-state index contributed by atoms with van der Waals surface area (Å²) >= 11 is 3.33. The molecule has 2 rings (SSSR count). The number of hydrogen-bond donors (Lipinski definition) is 1. The van der Waals surface area contributed by atoms with Gasteiger partial charge in [0.2, 0.25) is 5.88 Å². The standard InChI is InChI=1S/C16H15BrN2O3/c1-9-10(2)22-16(14(9)8-18)19-15(20)11(3)21-13-6-4-12(17)5-7-13/h4-7,11H,1-3H3,(H,19,20). The van der Waals surface area contributed by atoms with Crippen LogP contribution in [0.1, 0.15) is 23.8 Å². The number of nitriles is 1. The first-order valence-corrected chi connectivity index (χ1v) is 7.45. The molecule has 0 aliphatic heterocycles. The summed E-state index contributed by atoms with van der Waals surface area (Å²) in [5.41, 5.74) is 1.06. The second kappa shape index (κ2) is 6.67. The van der Waals surface area contributed by atoms with Crippen LogP contribution >= 0.6 is 15.9 Å². The van der Waals surface area contributed by atoms with E-state index in [9.17, 15) is 4.79 Å². The normalized spacial score (nSPS) is 11.6. The molecule has 5 nitrogen and oxygen atoms in total. The number of carbonyl (C=O) groups is 1. The zero-order valence-corrected chi connectivity index (χ0v) is 14.0. The summed E-state index contributed by atoms with van der Waals surface area (Å²) in [6, 6.07) is 9.20. The van der Waals surface area contributed by atoms with E-state index in [0.29, 0.717) is 17.1 Å². The maximum Gasteiger partial charge on any atom is 0.267 e. The van der Waals surface area contributed by atoms with Crippen molar-refractivity contribution >= 4 is 27.7 Å². The number of benzene rings is 1. The van der Waals surface area contributed by atoms with Gasteiger partial charge >= 0.3 is 0 Å². The molecule has 0 fully saturated rings. The van der Waals surface area contributed by atoms with Crippen LogP contribution in [0.25, 0.3) is 0 Å². The van der Waals surface area contributed by atoms with Gasteiger partial charge in [0.25, 0.3) is 5.91 Å². The van der Waals surface area contributed by atoms with Crippen molar-refractivity contribution in [3.8, 4) is 11.8 Å². The van der Waals surface area contributed by atoms with Gasteiger partial charge < -0.3 is 9.15 Å². The Hall–Kier alpha value is -2.26. The lowest BCUT2D eigenvalue weighted by Crippen LogP contribution is -2.30. The summed E-state index contributed by atoms with van der Waals surface area (Å²) in [4.78, 5) is 12.2. The first-order valence-electron chi connectivity index (χ1n) is 6.65. The molecule has 0 saturated carbocycles. The third kappa shape index (κ3) is 3.49. The molecule has 1 N–H and O–H groups in total. The Balaban J connectivity index is 2.07. The number of halogens is 1. The Morgan fingerprint density at radius 2 is 2.00 bits per heavy atom. The van der Waals surface area contributed by atoms with Crippen molar-refractivity contribution < 1.29 is 13.9 Å². The first kappa shape index (κ1) is 16.1. The average Bonchev–Trinajstić information content (AvgIpc) is 2.75. The Morgan fingerprint density at radius 1 is 1.36 bits per heavy atom. The van der Waals surface area contributed by atoms with Crippen LogP contribution in [0.4, 0.5) is 5.88 Å². The van der Waals surface area contributed by atoms with E-state index in [-0.39, 0.29) is 11.8 Å². The van der Waals surface area contributed by atoms with Gasteiger partial charge in [0.05, 0.1) is 0 Å². The summed E-state index contributed by atoms with van der Waals surface area (Å²) in [5, 5.41) is 11.7. The molecule has 22 heavy (non-hydrogen) atoms. The zero-order chi connectivity index (χ0) is 16.3. The smallest absolute Gasteiger partial charge is 0.267 e. The Kier molecular flexibility index (Phi) is 4.88. The van der Waals surface area contributed by atoms with Gasteiger partial charge in [-0.2, -0.15) is 5.26 Å². The van der Waals surface area contributed by atoms with Crippen LogP contribution < -0.4 is 10.1 Å². The van der Waals surface area contributed by atoms with Gasteiger partial charge in [0.1, 0.15) is 23.1 Å². The van der Waals surface area contributed by atoms with Crippen molar-refractivity contribution in [2.24, 2.45) is 0 Å². The SMILES string of the molecule is Cc1oc(NC(=O)C(C)Oc2ccc(Br)cc2)c(C#N)c1C. The quantitative estimate of drug-likeness (QED) is 0.893. The lowest BCUT2D eigenvalue weighted by molar-refractivity contribution is -0.122. The molecule has 1 heterocycles. The lowest BCUT2D eigenvalue weighted by atomic mass is 10.2. The van der Waals surface area contributed by atoms with Crippen LogP contribution in [0.15, 0.2) is 33.2 Å². The molecular weight excluding hydrogens is 348 g/mol. The predicted molar refractivity (Wildman–Crippen MR) is 85.8 cm³/mol. The minimum atomic E-state index is -0.724. The number of nitrogens with one attached hydrogen (secondary N) is 1. The topological polar surface area (TPSA) is 75.3 Å². The number of nitrogens with zero attached hydrogens (tertiary/aromatic N) is 1. The van der Waals surface area contributed by atoms with Crippen molar-refractivity contribution in [2.45, 2.75) is 26.9 Å². The molecule has 0 aliphatic rings. The minimum Gasteiger partial charge on any atom is -0.481 e. The van der Waals surface area contributed by atoms with Gasteiger partial charge in [0.15, 0.2) is 6.10 Å². The van der Waals surface area contributed by atoms with Gasteiger partial charge in [-0.1, -0.05) is 15.9 Å². The maximum atomic E-state index is 12.2. The molecule has 114 valence electrons. The van der Waals surface area contributed by atoms with Crippen LogP contribution in [-0.2, 0) is 4.79 Å². The van der Waals surface area contributed by atoms with E-state index in [2.05, 4.69) is 21.2 Å². The highest BCUT2D eigenvalue weighted by molar-refractivity contribution is 9.10. The van der Waals surface area contributed by atoms with Crippen LogP contribution in [0.5, 0.6) is 5.75 Å². The molecule has 1 atom stereocenters. The van der Waals surface area contributed by atoms with Crippen molar-refractivity contribution in [3.05, 3.63) is 45.6 Å². The minimum absolute atomic E-state index is 0.161. The van der Waals surface area contributed by atoms with E-state index >= 15 is 0 Å². The monoisotopic (exact) mass is 362 g/mol. The number of aryl methyl sites for hydroxylation is 1. The number of furan rings is 1. The van der Waals surface area contributed by atoms with E-state index in [1.54, 1.807) is 32.9 Å². The molecule has 0 aliphatic carbocycles. The highest BCUT2D eigenvalue weighted by Crippen LogP contribution is 2.25. The first-order chi connectivity index (χ1) is 10.4. The van der Waals surface area contributed by atoms with Crippen molar-refractivity contribution in [1.29, 1.82) is 5.26 Å². The predicted octanol–water partition coefficient (Wildman–Crippen LogP) is 3.94. The third-order valence-corrected chi connectivity index (χ3v) is 3.76. The third-order valence-electron chi connectivity index (χ3n) is 3.23. The molecule has 1 aromatic heterocycles. The Morgan fingerprint density at radius 3 is 2.59 bits per heavy atom. The zero-order valence-electron chi connectivity index (χ0n) is 12.4. The van der Waals surface area contributed by atoms with Crippen LogP contribution in [0.3, 0.4) is 0 Å². The van der Waals surface area contributed by atoms with Crippen molar-refractivity contribution in [1.82, 2.24) is 0 Å². The highest BCUT2D eigenvalue weighted by Gasteiger charge is 2.21. The van der Waals surface area contributed by atoms with Crippen LogP contribution in [0, 0.1) is 25.2 Å². The van der Waals surface area contributed by atoms with Crippen LogP contribution in [0.2, 0.25) is 0 Å². The van der Waals surface area contributed by atoms with Gasteiger partial charge in [-0.3, -0.25) is 10.1 Å². The number of rotatable bonds is 4. The Bertz CT molecular complexity index is 729.